The molecule has 27 heavy (non-hydrogen) atoms. The average molecular weight is 390 g/mol. The minimum atomic E-state index is -0.158. The molecule has 0 saturated heterocycles. The normalized spacial score (nSPS) is 12.7. The van der Waals surface area contributed by atoms with Gasteiger partial charge in [-0.25, -0.2) is 4.68 Å². The number of hydrogen-bond donors (Lipinski definition) is 3. The third-order valence-electron chi connectivity index (χ3n) is 4.24. The molecule has 0 bridgehead atoms. The van der Waals surface area contributed by atoms with Crippen molar-refractivity contribution >= 4 is 40.2 Å². The zero-order valence-electron chi connectivity index (χ0n) is 15.8. The summed E-state index contributed by atoms with van der Waals surface area (Å²) >= 11 is 5.96. The molecule has 3 N–H and O–H groups in total. The van der Waals surface area contributed by atoms with Crippen LogP contribution in [0.5, 0.6) is 0 Å². The monoisotopic (exact) mass is 389 g/mol. The molecule has 1 atom stereocenters. The van der Waals surface area contributed by atoms with Gasteiger partial charge in [0.05, 0.1) is 18.7 Å². The van der Waals surface area contributed by atoms with Gasteiger partial charge in [-0.15, -0.1) is 5.10 Å². The topological polar surface area (TPSA) is 101 Å². The number of halogens is 1. The van der Waals surface area contributed by atoms with Crippen molar-refractivity contribution in [2.75, 3.05) is 17.2 Å². The van der Waals surface area contributed by atoms with Gasteiger partial charge in [0.1, 0.15) is 0 Å². The summed E-state index contributed by atoms with van der Waals surface area (Å²) < 4.78 is 1.75. The Bertz CT molecular complexity index is 908. The molecule has 1 unspecified atom stereocenters. The lowest BCUT2D eigenvalue weighted by Gasteiger charge is -2.20. The van der Waals surface area contributed by atoms with E-state index in [0.29, 0.717) is 28.0 Å². The van der Waals surface area contributed by atoms with E-state index in [4.69, 9.17) is 11.6 Å². The minimum absolute atomic E-state index is 0.0132. The van der Waals surface area contributed by atoms with Crippen LogP contribution in [0.15, 0.2) is 24.3 Å². The molecular weight excluding hydrogens is 366 g/mol. The Morgan fingerprint density at radius 3 is 2.41 bits per heavy atom. The van der Waals surface area contributed by atoms with E-state index < -0.39 is 0 Å². The van der Waals surface area contributed by atoms with Crippen LogP contribution in [0.25, 0.3) is 11.2 Å². The molecular formula is C18H24ClN7O. The lowest BCUT2D eigenvalue weighted by atomic mass is 10.1. The molecule has 0 aliphatic heterocycles. The Balaban J connectivity index is 2.05. The Morgan fingerprint density at radius 1 is 1.11 bits per heavy atom. The van der Waals surface area contributed by atoms with Crippen LogP contribution in [0.2, 0.25) is 5.02 Å². The van der Waals surface area contributed by atoms with E-state index in [2.05, 4.69) is 30.9 Å². The maximum atomic E-state index is 9.63. The summed E-state index contributed by atoms with van der Waals surface area (Å²) in [6.07, 6.45) is 0. The van der Waals surface area contributed by atoms with Crippen LogP contribution in [0.4, 0.5) is 17.5 Å². The Hall–Kier alpha value is -2.45. The van der Waals surface area contributed by atoms with Gasteiger partial charge in [0.15, 0.2) is 17.0 Å². The standard InChI is InChI=1S/C18H24ClN7O/c1-10(2)14(9-27)21-18-22-16(20-13-7-5-12(19)6-8-13)15-17(23-18)26(11(3)4)25-24-15/h5-8,10-11,14,27H,9H2,1-4H3,(H2,20,21,22,23). The Morgan fingerprint density at radius 2 is 1.81 bits per heavy atom. The van der Waals surface area contributed by atoms with Gasteiger partial charge in [-0.3, -0.25) is 0 Å². The number of nitrogens with one attached hydrogen (secondary N) is 2. The molecule has 2 aromatic heterocycles. The number of aliphatic hydroxyl groups excluding tert-OH is 1. The quantitative estimate of drug-likeness (QED) is 0.567. The van der Waals surface area contributed by atoms with E-state index in [1.807, 2.05) is 39.8 Å². The summed E-state index contributed by atoms with van der Waals surface area (Å²) in [4.78, 5) is 9.15. The zero-order chi connectivity index (χ0) is 19.6. The van der Waals surface area contributed by atoms with E-state index in [1.54, 1.807) is 16.8 Å². The number of rotatable bonds is 7. The van der Waals surface area contributed by atoms with Crippen LogP contribution in [0, 0.1) is 5.92 Å². The molecule has 144 valence electrons. The third-order valence-corrected chi connectivity index (χ3v) is 4.49. The molecule has 8 nitrogen and oxygen atoms in total. The van der Waals surface area contributed by atoms with Gasteiger partial charge in [0.2, 0.25) is 5.95 Å². The number of nitrogens with zero attached hydrogens (tertiary/aromatic N) is 5. The second-order valence-electron chi connectivity index (χ2n) is 7.01. The van der Waals surface area contributed by atoms with E-state index >= 15 is 0 Å². The van der Waals surface area contributed by atoms with Crippen LogP contribution < -0.4 is 10.6 Å². The third kappa shape index (κ3) is 4.28. The molecule has 0 fully saturated rings. The van der Waals surface area contributed by atoms with E-state index in [-0.39, 0.29) is 24.6 Å². The molecule has 0 spiro atoms. The highest BCUT2D eigenvalue weighted by molar-refractivity contribution is 6.30. The smallest absolute Gasteiger partial charge is 0.227 e. The van der Waals surface area contributed by atoms with Gasteiger partial charge >= 0.3 is 0 Å². The predicted octanol–water partition coefficient (Wildman–Crippen LogP) is 3.63. The highest BCUT2D eigenvalue weighted by Crippen LogP contribution is 2.26. The SMILES string of the molecule is CC(C)C(CO)Nc1nc(Nc2ccc(Cl)cc2)c2nnn(C(C)C)c2n1. The van der Waals surface area contributed by atoms with Crippen molar-refractivity contribution in [2.45, 2.75) is 39.8 Å². The van der Waals surface area contributed by atoms with E-state index in [1.165, 1.54) is 0 Å². The Kier molecular flexibility index (Phi) is 5.76. The van der Waals surface area contributed by atoms with Crippen LogP contribution >= 0.6 is 11.6 Å². The molecule has 3 aromatic rings. The summed E-state index contributed by atoms with van der Waals surface area (Å²) in [6, 6.07) is 7.26. The number of hydrogen-bond acceptors (Lipinski definition) is 7. The number of fused-ring (bicyclic) bond motifs is 1. The fourth-order valence-electron chi connectivity index (χ4n) is 2.59. The van der Waals surface area contributed by atoms with Crippen molar-refractivity contribution in [3.05, 3.63) is 29.3 Å². The summed E-state index contributed by atoms with van der Waals surface area (Å²) in [7, 11) is 0. The van der Waals surface area contributed by atoms with Gasteiger partial charge < -0.3 is 15.7 Å². The second kappa shape index (κ2) is 8.06. The summed E-state index contributed by atoms with van der Waals surface area (Å²) in [6.45, 7) is 8.07. The summed E-state index contributed by atoms with van der Waals surface area (Å²) in [5, 5.41) is 25.2. The fourth-order valence-corrected chi connectivity index (χ4v) is 2.71. The number of aliphatic hydroxyl groups is 1. The van der Waals surface area contributed by atoms with Gasteiger partial charge in [-0.1, -0.05) is 30.7 Å². The van der Waals surface area contributed by atoms with Crippen molar-refractivity contribution in [3.63, 3.8) is 0 Å². The largest absolute Gasteiger partial charge is 0.394 e. The molecule has 1 aromatic carbocycles. The molecule has 0 amide bonds. The molecule has 0 radical (unpaired) electrons. The van der Waals surface area contributed by atoms with Crippen molar-refractivity contribution in [1.82, 2.24) is 25.0 Å². The lowest BCUT2D eigenvalue weighted by molar-refractivity contribution is 0.248. The molecule has 0 saturated carbocycles. The maximum Gasteiger partial charge on any atom is 0.227 e. The van der Waals surface area contributed by atoms with Crippen LogP contribution in [0.3, 0.4) is 0 Å². The molecule has 0 aliphatic rings. The Labute approximate surface area is 163 Å². The van der Waals surface area contributed by atoms with Crippen molar-refractivity contribution in [3.8, 4) is 0 Å². The summed E-state index contributed by atoms with van der Waals surface area (Å²) in [5.74, 6) is 1.17. The second-order valence-corrected chi connectivity index (χ2v) is 7.44. The van der Waals surface area contributed by atoms with Crippen molar-refractivity contribution in [1.29, 1.82) is 0 Å². The zero-order valence-corrected chi connectivity index (χ0v) is 16.6. The number of benzene rings is 1. The van der Waals surface area contributed by atoms with Crippen LogP contribution in [-0.4, -0.2) is 42.7 Å². The summed E-state index contributed by atoms with van der Waals surface area (Å²) in [5.41, 5.74) is 2.03. The fraction of sp³-hybridized carbons (Fsp3) is 0.444. The first-order valence-electron chi connectivity index (χ1n) is 8.92. The first-order valence-corrected chi connectivity index (χ1v) is 9.29. The first-order chi connectivity index (χ1) is 12.9. The van der Waals surface area contributed by atoms with E-state index in [9.17, 15) is 5.11 Å². The van der Waals surface area contributed by atoms with Gasteiger partial charge in [-0.2, -0.15) is 9.97 Å². The average Bonchev–Trinajstić information content (AvgIpc) is 3.05. The number of anilines is 3. The highest BCUT2D eigenvalue weighted by atomic mass is 35.5. The van der Waals surface area contributed by atoms with Gasteiger partial charge in [0.25, 0.3) is 0 Å². The van der Waals surface area contributed by atoms with Crippen LogP contribution in [0.1, 0.15) is 33.7 Å². The lowest BCUT2D eigenvalue weighted by Crippen LogP contribution is -2.30. The van der Waals surface area contributed by atoms with Gasteiger partial charge in [0, 0.05) is 10.7 Å². The first kappa shape index (κ1) is 19.3. The predicted molar refractivity (Wildman–Crippen MR) is 108 cm³/mol. The maximum absolute atomic E-state index is 9.63. The van der Waals surface area contributed by atoms with Crippen molar-refractivity contribution < 1.29 is 5.11 Å². The minimum Gasteiger partial charge on any atom is -0.394 e. The van der Waals surface area contributed by atoms with Crippen LogP contribution in [-0.2, 0) is 0 Å². The molecule has 2 heterocycles. The van der Waals surface area contributed by atoms with E-state index in [0.717, 1.165) is 5.69 Å². The highest BCUT2D eigenvalue weighted by Gasteiger charge is 2.19. The molecule has 9 heteroatoms. The number of aromatic nitrogens is 5. The van der Waals surface area contributed by atoms with Crippen molar-refractivity contribution in [2.24, 2.45) is 5.92 Å². The molecule has 0 aliphatic carbocycles. The van der Waals surface area contributed by atoms with Gasteiger partial charge in [-0.05, 0) is 44.0 Å². The molecule has 3 rings (SSSR count).